The van der Waals surface area contributed by atoms with E-state index in [1.165, 1.54) is 4.90 Å². The van der Waals surface area contributed by atoms with Crippen LogP contribution in [0.5, 0.6) is 0 Å². The molecule has 1 aromatic carbocycles. The highest BCUT2D eigenvalue weighted by Gasteiger charge is 2.58. The maximum atomic E-state index is 12.7. The van der Waals surface area contributed by atoms with E-state index in [-0.39, 0.29) is 35.5 Å². The molecule has 29 heavy (non-hydrogen) atoms. The molecule has 4 unspecified atom stereocenters. The lowest BCUT2D eigenvalue weighted by atomic mass is 9.85. The van der Waals surface area contributed by atoms with Crippen LogP contribution in [0.3, 0.4) is 0 Å². The maximum Gasteiger partial charge on any atom is 0.233 e. The number of nitrogens with zero attached hydrogens (tertiary/aromatic N) is 2. The third-order valence-electron chi connectivity index (χ3n) is 6.09. The number of benzene rings is 1. The van der Waals surface area contributed by atoms with Crippen molar-refractivity contribution in [3.05, 3.63) is 47.0 Å². The largest absolute Gasteiger partial charge is 0.357 e. The zero-order chi connectivity index (χ0) is 20.4. The number of nitrogens with one attached hydrogen (secondary N) is 2. The summed E-state index contributed by atoms with van der Waals surface area (Å²) in [6, 6.07) is 7.77. The quantitative estimate of drug-likeness (QED) is 0.310. The summed E-state index contributed by atoms with van der Waals surface area (Å²) in [5, 5.41) is 7.17. The Morgan fingerprint density at radius 1 is 1.17 bits per heavy atom. The van der Waals surface area contributed by atoms with E-state index in [1.54, 1.807) is 0 Å². The van der Waals surface area contributed by atoms with Crippen LogP contribution >= 0.6 is 11.6 Å². The highest BCUT2D eigenvalue weighted by atomic mass is 35.5. The molecule has 3 aliphatic rings. The lowest BCUT2D eigenvalue weighted by Gasteiger charge is -2.18. The Labute approximate surface area is 176 Å². The molecule has 4 atom stereocenters. The summed E-state index contributed by atoms with van der Waals surface area (Å²) in [5.74, 6) is 0.947. The van der Waals surface area contributed by atoms with Gasteiger partial charge in [0.1, 0.15) is 0 Å². The van der Waals surface area contributed by atoms with E-state index >= 15 is 0 Å². The van der Waals surface area contributed by atoms with Crippen LogP contribution in [0, 0.1) is 23.7 Å². The van der Waals surface area contributed by atoms with Gasteiger partial charge in [0.15, 0.2) is 5.96 Å². The fraction of sp³-hybridized carbons (Fsp3) is 0.500. The Balaban J connectivity index is 1.29. The highest BCUT2D eigenvalue weighted by Crippen LogP contribution is 2.52. The number of amides is 2. The summed E-state index contributed by atoms with van der Waals surface area (Å²) in [7, 11) is 0. The topological polar surface area (TPSA) is 73.8 Å². The molecule has 0 spiro atoms. The van der Waals surface area contributed by atoms with E-state index in [0.717, 1.165) is 30.0 Å². The maximum absolute atomic E-state index is 12.7. The number of rotatable bonds is 7. The van der Waals surface area contributed by atoms with Gasteiger partial charge in [-0.15, -0.1) is 0 Å². The van der Waals surface area contributed by atoms with Gasteiger partial charge in [-0.3, -0.25) is 19.5 Å². The molecule has 1 aromatic rings. The van der Waals surface area contributed by atoms with Crippen LogP contribution in [0.1, 0.15) is 18.9 Å². The van der Waals surface area contributed by atoms with Gasteiger partial charge in [0.25, 0.3) is 0 Å². The molecule has 1 saturated heterocycles. The van der Waals surface area contributed by atoms with Crippen molar-refractivity contribution in [2.45, 2.75) is 19.8 Å². The van der Waals surface area contributed by atoms with Crippen molar-refractivity contribution in [2.75, 3.05) is 26.2 Å². The monoisotopic (exact) mass is 414 g/mol. The van der Waals surface area contributed by atoms with Gasteiger partial charge in [0.05, 0.1) is 11.8 Å². The zero-order valence-electron chi connectivity index (χ0n) is 16.6. The van der Waals surface area contributed by atoms with Crippen molar-refractivity contribution in [1.29, 1.82) is 0 Å². The minimum absolute atomic E-state index is 0.00143. The van der Waals surface area contributed by atoms with Gasteiger partial charge in [0.2, 0.25) is 11.8 Å². The Hall–Kier alpha value is -2.34. The molecule has 6 nitrogen and oxygen atoms in total. The average Bonchev–Trinajstić information content (AvgIpc) is 3.37. The Kier molecular flexibility index (Phi) is 5.90. The first-order chi connectivity index (χ1) is 14.1. The molecule has 2 amide bonds. The molecule has 7 heteroatoms. The van der Waals surface area contributed by atoms with E-state index in [2.05, 4.69) is 27.8 Å². The fourth-order valence-corrected chi connectivity index (χ4v) is 5.01. The SMILES string of the molecule is CCNC(=NCCc1cccc(Cl)c1)NCCN1C(=O)C2C3C=CC(C3)C2C1=O. The van der Waals surface area contributed by atoms with Crippen LogP contribution in [0.2, 0.25) is 5.02 Å². The minimum atomic E-state index is -0.128. The van der Waals surface area contributed by atoms with E-state index in [1.807, 2.05) is 31.2 Å². The van der Waals surface area contributed by atoms with E-state index in [9.17, 15) is 9.59 Å². The molecule has 0 aromatic heterocycles. The standard InChI is InChI=1S/C22H27ClN4O2/c1-2-24-22(25-9-8-14-4-3-5-17(23)12-14)26-10-11-27-20(28)18-15-6-7-16(13-15)19(18)21(27)29/h3-7,12,15-16,18-19H,2,8-11,13H2,1H3,(H2,24,25,26). The number of aliphatic imine (C=N–C) groups is 1. The minimum Gasteiger partial charge on any atom is -0.357 e. The fourth-order valence-electron chi connectivity index (χ4n) is 4.80. The summed E-state index contributed by atoms with van der Waals surface area (Å²) >= 11 is 6.02. The number of fused-ring (bicyclic) bond motifs is 5. The lowest BCUT2D eigenvalue weighted by Crippen LogP contribution is -2.43. The molecule has 154 valence electrons. The average molecular weight is 415 g/mol. The van der Waals surface area contributed by atoms with Crippen LogP contribution < -0.4 is 10.6 Å². The first kappa shape index (κ1) is 20.0. The first-order valence-corrected chi connectivity index (χ1v) is 10.8. The van der Waals surface area contributed by atoms with Crippen LogP contribution in [0.4, 0.5) is 0 Å². The second kappa shape index (κ2) is 8.57. The Bertz CT molecular complexity index is 823. The summed E-state index contributed by atoms with van der Waals surface area (Å²) in [5.41, 5.74) is 1.14. The molecular formula is C22H27ClN4O2. The molecular weight excluding hydrogens is 388 g/mol. The second-order valence-corrected chi connectivity index (χ2v) is 8.33. The first-order valence-electron chi connectivity index (χ1n) is 10.4. The normalized spacial score (nSPS) is 27.7. The number of imide groups is 1. The molecule has 2 N–H and O–H groups in total. The molecule has 0 radical (unpaired) electrons. The van der Waals surface area contributed by atoms with Crippen molar-refractivity contribution in [1.82, 2.24) is 15.5 Å². The second-order valence-electron chi connectivity index (χ2n) is 7.90. The molecule has 2 fully saturated rings. The van der Waals surface area contributed by atoms with E-state index in [4.69, 9.17) is 11.6 Å². The predicted octanol–water partition coefficient (Wildman–Crippen LogP) is 2.24. The van der Waals surface area contributed by atoms with Crippen LogP contribution in [-0.2, 0) is 16.0 Å². The molecule has 2 bridgehead atoms. The van der Waals surface area contributed by atoms with Crippen LogP contribution in [0.25, 0.3) is 0 Å². The molecule has 2 aliphatic carbocycles. The molecule has 1 heterocycles. The summed E-state index contributed by atoms with van der Waals surface area (Å²) in [6.45, 7) is 4.23. The van der Waals surface area contributed by atoms with Crippen LogP contribution in [-0.4, -0.2) is 48.9 Å². The molecule has 1 aliphatic heterocycles. The summed E-state index contributed by atoms with van der Waals surface area (Å²) in [6.07, 6.45) is 5.99. The van der Waals surface area contributed by atoms with Gasteiger partial charge < -0.3 is 10.6 Å². The molecule has 4 rings (SSSR count). The third-order valence-corrected chi connectivity index (χ3v) is 6.33. The van der Waals surface area contributed by atoms with Crippen molar-refractivity contribution in [3.63, 3.8) is 0 Å². The number of allylic oxidation sites excluding steroid dienone is 2. The van der Waals surface area contributed by atoms with Crippen molar-refractivity contribution >= 4 is 29.4 Å². The van der Waals surface area contributed by atoms with E-state index < -0.39 is 0 Å². The van der Waals surface area contributed by atoms with Crippen LogP contribution in [0.15, 0.2) is 41.4 Å². The Morgan fingerprint density at radius 2 is 1.90 bits per heavy atom. The summed E-state index contributed by atoms with van der Waals surface area (Å²) < 4.78 is 0. The zero-order valence-corrected chi connectivity index (χ0v) is 17.4. The van der Waals surface area contributed by atoms with Gasteiger partial charge in [-0.2, -0.15) is 0 Å². The lowest BCUT2D eigenvalue weighted by molar-refractivity contribution is -0.140. The smallest absolute Gasteiger partial charge is 0.233 e. The Morgan fingerprint density at radius 3 is 2.55 bits per heavy atom. The highest BCUT2D eigenvalue weighted by molar-refractivity contribution is 6.30. The number of likely N-dealkylation sites (tertiary alicyclic amines) is 1. The van der Waals surface area contributed by atoms with Crippen molar-refractivity contribution in [2.24, 2.45) is 28.7 Å². The summed E-state index contributed by atoms with van der Waals surface area (Å²) in [4.78, 5) is 31.5. The van der Waals surface area contributed by atoms with Gasteiger partial charge >= 0.3 is 0 Å². The third kappa shape index (κ3) is 4.04. The molecule has 1 saturated carbocycles. The van der Waals surface area contributed by atoms with Crippen molar-refractivity contribution in [3.8, 4) is 0 Å². The predicted molar refractivity (Wildman–Crippen MR) is 114 cm³/mol. The number of halogens is 1. The van der Waals surface area contributed by atoms with Gasteiger partial charge in [0, 0.05) is 31.2 Å². The van der Waals surface area contributed by atoms with Crippen molar-refractivity contribution < 1.29 is 9.59 Å². The number of guanidine groups is 1. The van der Waals surface area contributed by atoms with Gasteiger partial charge in [-0.05, 0) is 49.3 Å². The van der Waals surface area contributed by atoms with E-state index in [0.29, 0.717) is 25.6 Å². The number of hydrogen-bond acceptors (Lipinski definition) is 3. The number of hydrogen-bond donors (Lipinski definition) is 2. The van der Waals surface area contributed by atoms with Gasteiger partial charge in [-0.1, -0.05) is 35.9 Å². The number of carbonyl (C=O) groups is 2. The van der Waals surface area contributed by atoms with Gasteiger partial charge in [-0.25, -0.2) is 0 Å². The number of carbonyl (C=O) groups excluding carboxylic acids is 2.